The summed E-state index contributed by atoms with van der Waals surface area (Å²) in [5.41, 5.74) is 4.64. The van der Waals surface area contributed by atoms with Gasteiger partial charge in [0.15, 0.2) is 5.82 Å². The first kappa shape index (κ1) is 17.6. The summed E-state index contributed by atoms with van der Waals surface area (Å²) in [7, 11) is 0. The van der Waals surface area contributed by atoms with Crippen molar-refractivity contribution in [1.29, 1.82) is 0 Å². The molecule has 1 aliphatic heterocycles. The maximum absolute atomic E-state index is 5.38. The van der Waals surface area contributed by atoms with Crippen molar-refractivity contribution in [2.45, 2.75) is 32.9 Å². The normalized spacial score (nSPS) is 13.5. The first-order valence-corrected chi connectivity index (χ1v) is 9.85. The molecule has 0 saturated carbocycles. The van der Waals surface area contributed by atoms with Crippen LogP contribution in [0.2, 0.25) is 0 Å². The van der Waals surface area contributed by atoms with Gasteiger partial charge in [-0.05, 0) is 31.0 Å². The van der Waals surface area contributed by atoms with Crippen molar-refractivity contribution < 1.29 is 4.52 Å². The van der Waals surface area contributed by atoms with Gasteiger partial charge in [-0.3, -0.25) is 0 Å². The molecule has 0 radical (unpaired) electrons. The fourth-order valence-electron chi connectivity index (χ4n) is 3.86. The molecule has 0 spiro atoms. The number of fused-ring (bicyclic) bond motifs is 1. The zero-order valence-corrected chi connectivity index (χ0v) is 16.3. The average molecular weight is 386 g/mol. The van der Waals surface area contributed by atoms with E-state index in [1.54, 1.807) is 6.20 Å². The highest BCUT2D eigenvalue weighted by Gasteiger charge is 2.25. The molecule has 0 amide bonds. The highest BCUT2D eigenvalue weighted by atomic mass is 16.5. The van der Waals surface area contributed by atoms with Gasteiger partial charge in [-0.1, -0.05) is 35.5 Å². The van der Waals surface area contributed by atoms with Crippen LogP contribution >= 0.6 is 0 Å². The van der Waals surface area contributed by atoms with Crippen LogP contribution in [-0.4, -0.2) is 31.2 Å². The first-order chi connectivity index (χ1) is 14.3. The highest BCUT2D eigenvalue weighted by molar-refractivity contribution is 5.70. The highest BCUT2D eigenvalue weighted by Crippen LogP contribution is 2.31. The van der Waals surface area contributed by atoms with Crippen molar-refractivity contribution in [1.82, 2.24) is 24.7 Å². The number of aryl methyl sites for hydroxylation is 3. The number of aromatic nitrogens is 5. The summed E-state index contributed by atoms with van der Waals surface area (Å²) in [4.78, 5) is 15.9. The number of benzene rings is 1. The molecule has 4 heterocycles. The molecular weight excluding hydrogens is 364 g/mol. The molecular formula is C22H22N6O. The van der Waals surface area contributed by atoms with E-state index >= 15 is 0 Å². The van der Waals surface area contributed by atoms with Crippen LogP contribution in [0, 0.1) is 6.92 Å². The second-order valence-electron chi connectivity index (χ2n) is 7.26. The number of imidazole rings is 1. The minimum absolute atomic E-state index is 0.504. The van der Waals surface area contributed by atoms with Crippen LogP contribution in [0.1, 0.15) is 22.8 Å². The van der Waals surface area contributed by atoms with E-state index in [1.165, 1.54) is 11.3 Å². The lowest BCUT2D eigenvalue weighted by Crippen LogP contribution is -2.32. The fourth-order valence-corrected chi connectivity index (χ4v) is 3.86. The van der Waals surface area contributed by atoms with E-state index in [1.807, 2.05) is 25.4 Å². The minimum atomic E-state index is 0.504. The van der Waals surface area contributed by atoms with Crippen molar-refractivity contribution in [2.75, 3.05) is 11.4 Å². The molecule has 0 bridgehead atoms. The molecule has 146 valence electrons. The number of pyridine rings is 1. The third kappa shape index (κ3) is 3.51. The Labute approximate surface area is 169 Å². The Balaban J connectivity index is 1.36. The molecule has 7 nitrogen and oxygen atoms in total. The molecule has 0 aliphatic carbocycles. The summed E-state index contributed by atoms with van der Waals surface area (Å²) < 4.78 is 7.67. The van der Waals surface area contributed by atoms with Crippen LogP contribution in [0.4, 0.5) is 5.82 Å². The molecule has 0 fully saturated rings. The lowest BCUT2D eigenvalue weighted by Gasteiger charge is -2.29. The lowest BCUT2D eigenvalue weighted by atomic mass is 10.1. The van der Waals surface area contributed by atoms with Crippen molar-refractivity contribution in [3.05, 3.63) is 77.8 Å². The average Bonchev–Trinajstić information content (AvgIpc) is 3.38. The number of rotatable bonds is 5. The fraction of sp³-hybridized carbons (Fsp3) is 0.273. The van der Waals surface area contributed by atoms with Crippen LogP contribution in [0.5, 0.6) is 0 Å². The Kier molecular flexibility index (Phi) is 4.56. The van der Waals surface area contributed by atoms with Gasteiger partial charge < -0.3 is 14.0 Å². The van der Waals surface area contributed by atoms with Crippen molar-refractivity contribution in [2.24, 2.45) is 0 Å². The minimum Gasteiger partial charge on any atom is -0.350 e. The SMILES string of the molecule is Cc1noc(-c2cccnc2N2CCc3c(ncn3CCc3ccccc3)C2)n1. The second kappa shape index (κ2) is 7.50. The van der Waals surface area contributed by atoms with Gasteiger partial charge in [-0.15, -0.1) is 0 Å². The molecule has 29 heavy (non-hydrogen) atoms. The van der Waals surface area contributed by atoms with Gasteiger partial charge in [0.2, 0.25) is 0 Å². The van der Waals surface area contributed by atoms with Gasteiger partial charge in [0.05, 0.1) is 24.1 Å². The van der Waals surface area contributed by atoms with Crippen molar-refractivity contribution >= 4 is 5.82 Å². The van der Waals surface area contributed by atoms with E-state index in [0.717, 1.165) is 49.6 Å². The topological polar surface area (TPSA) is 72.9 Å². The molecule has 3 aromatic heterocycles. The van der Waals surface area contributed by atoms with Crippen LogP contribution in [-0.2, 0) is 25.9 Å². The molecule has 7 heteroatoms. The Morgan fingerprint density at radius 1 is 1.07 bits per heavy atom. The quantitative estimate of drug-likeness (QED) is 0.523. The monoisotopic (exact) mass is 386 g/mol. The maximum Gasteiger partial charge on any atom is 0.261 e. The number of hydrogen-bond acceptors (Lipinski definition) is 6. The van der Waals surface area contributed by atoms with Gasteiger partial charge in [0.1, 0.15) is 5.82 Å². The molecule has 4 aromatic rings. The molecule has 5 rings (SSSR count). The number of anilines is 1. The zero-order chi connectivity index (χ0) is 19.6. The smallest absolute Gasteiger partial charge is 0.261 e. The molecule has 1 aliphatic rings. The third-order valence-corrected chi connectivity index (χ3v) is 5.32. The van der Waals surface area contributed by atoms with E-state index in [9.17, 15) is 0 Å². The van der Waals surface area contributed by atoms with Gasteiger partial charge in [-0.2, -0.15) is 4.98 Å². The van der Waals surface area contributed by atoms with E-state index in [-0.39, 0.29) is 0 Å². The Bertz CT molecular complexity index is 1120. The summed E-state index contributed by atoms with van der Waals surface area (Å²) in [5, 5.41) is 3.92. The molecule has 1 aromatic carbocycles. The summed E-state index contributed by atoms with van der Waals surface area (Å²) >= 11 is 0. The maximum atomic E-state index is 5.38. The van der Waals surface area contributed by atoms with Crippen LogP contribution in [0.25, 0.3) is 11.5 Å². The standard InChI is InChI=1S/C22H22N6O/c1-16-25-22(29-26-16)18-8-5-11-23-21(18)27-13-10-20-19(14-27)24-15-28(20)12-9-17-6-3-2-4-7-17/h2-8,11,15H,9-10,12-14H2,1H3. The van der Waals surface area contributed by atoms with Gasteiger partial charge in [-0.25, -0.2) is 9.97 Å². The molecule has 0 unspecified atom stereocenters. The summed E-state index contributed by atoms with van der Waals surface area (Å²) in [5.74, 6) is 1.98. The number of nitrogens with zero attached hydrogens (tertiary/aromatic N) is 6. The van der Waals surface area contributed by atoms with Gasteiger partial charge in [0.25, 0.3) is 5.89 Å². The van der Waals surface area contributed by atoms with Gasteiger partial charge in [0, 0.05) is 31.4 Å². The predicted molar refractivity (Wildman–Crippen MR) is 109 cm³/mol. The Hall–Kier alpha value is -3.48. The van der Waals surface area contributed by atoms with E-state index in [2.05, 4.69) is 54.9 Å². The third-order valence-electron chi connectivity index (χ3n) is 5.32. The van der Waals surface area contributed by atoms with E-state index in [0.29, 0.717) is 11.7 Å². The van der Waals surface area contributed by atoms with Gasteiger partial charge >= 0.3 is 0 Å². The zero-order valence-electron chi connectivity index (χ0n) is 16.3. The van der Waals surface area contributed by atoms with Crippen LogP contribution < -0.4 is 4.90 Å². The second-order valence-corrected chi connectivity index (χ2v) is 7.26. The Morgan fingerprint density at radius 3 is 2.79 bits per heavy atom. The van der Waals surface area contributed by atoms with Crippen molar-refractivity contribution in [3.63, 3.8) is 0 Å². The number of hydrogen-bond donors (Lipinski definition) is 0. The largest absolute Gasteiger partial charge is 0.350 e. The Morgan fingerprint density at radius 2 is 1.97 bits per heavy atom. The lowest BCUT2D eigenvalue weighted by molar-refractivity contribution is 0.425. The molecule has 0 saturated heterocycles. The summed E-state index contributed by atoms with van der Waals surface area (Å²) in [6, 6.07) is 14.5. The first-order valence-electron chi connectivity index (χ1n) is 9.85. The predicted octanol–water partition coefficient (Wildman–Crippen LogP) is 3.44. The van der Waals surface area contributed by atoms with E-state index < -0.39 is 0 Å². The van der Waals surface area contributed by atoms with Crippen LogP contribution in [0.15, 0.2) is 59.5 Å². The van der Waals surface area contributed by atoms with E-state index in [4.69, 9.17) is 9.51 Å². The van der Waals surface area contributed by atoms with Crippen LogP contribution in [0.3, 0.4) is 0 Å². The summed E-state index contributed by atoms with van der Waals surface area (Å²) in [6.07, 6.45) is 5.71. The summed E-state index contributed by atoms with van der Waals surface area (Å²) in [6.45, 7) is 4.37. The molecule has 0 N–H and O–H groups in total. The molecule has 0 atom stereocenters. The van der Waals surface area contributed by atoms with Crippen molar-refractivity contribution in [3.8, 4) is 11.5 Å².